The zero-order valence-electron chi connectivity index (χ0n) is 9.04. The first kappa shape index (κ1) is 13.6. The summed E-state index contributed by atoms with van der Waals surface area (Å²) < 4.78 is 36.1. The summed E-state index contributed by atoms with van der Waals surface area (Å²) >= 11 is 0.985. The second-order valence-corrected chi connectivity index (χ2v) is 4.55. The van der Waals surface area contributed by atoms with Gasteiger partial charge >= 0.3 is 6.18 Å². The highest BCUT2D eigenvalue weighted by molar-refractivity contribution is 7.18. The molecular formula is C9H12F3N3OS. The lowest BCUT2D eigenvalue weighted by Crippen LogP contribution is -2.23. The maximum absolute atomic E-state index is 12.0. The Morgan fingerprint density at radius 3 is 2.53 bits per heavy atom. The lowest BCUT2D eigenvalue weighted by molar-refractivity contribution is -0.132. The normalized spacial score (nSPS) is 11.5. The van der Waals surface area contributed by atoms with Gasteiger partial charge in [0.05, 0.1) is 17.1 Å². The number of anilines is 2. The van der Waals surface area contributed by atoms with E-state index < -0.39 is 18.5 Å². The SMILES string of the molecule is CN(CCC(F)(F)F)c1cc(N)c(C(N)=O)s1. The first-order valence-electron chi connectivity index (χ1n) is 4.67. The van der Waals surface area contributed by atoms with E-state index in [2.05, 4.69) is 0 Å². The van der Waals surface area contributed by atoms with Crippen LogP contribution in [-0.4, -0.2) is 25.7 Å². The number of rotatable bonds is 4. The maximum atomic E-state index is 12.0. The Balaban J connectivity index is 2.73. The van der Waals surface area contributed by atoms with Crippen molar-refractivity contribution in [1.82, 2.24) is 0 Å². The average Bonchev–Trinajstić information content (AvgIpc) is 2.55. The van der Waals surface area contributed by atoms with E-state index in [9.17, 15) is 18.0 Å². The molecule has 0 atom stereocenters. The molecular weight excluding hydrogens is 255 g/mol. The van der Waals surface area contributed by atoms with Gasteiger partial charge in [-0.25, -0.2) is 0 Å². The van der Waals surface area contributed by atoms with Crippen molar-refractivity contribution in [1.29, 1.82) is 0 Å². The van der Waals surface area contributed by atoms with Crippen molar-refractivity contribution < 1.29 is 18.0 Å². The number of hydrogen-bond donors (Lipinski definition) is 2. The first-order chi connectivity index (χ1) is 7.70. The largest absolute Gasteiger partial charge is 0.397 e. The highest BCUT2D eigenvalue weighted by Crippen LogP contribution is 2.32. The van der Waals surface area contributed by atoms with Gasteiger partial charge < -0.3 is 16.4 Å². The van der Waals surface area contributed by atoms with Crippen molar-refractivity contribution in [3.63, 3.8) is 0 Å². The van der Waals surface area contributed by atoms with Gasteiger partial charge in [0.1, 0.15) is 4.88 Å². The van der Waals surface area contributed by atoms with Crippen LogP contribution in [0.15, 0.2) is 6.07 Å². The zero-order chi connectivity index (χ0) is 13.2. The van der Waals surface area contributed by atoms with Gasteiger partial charge in [-0.15, -0.1) is 11.3 Å². The Hall–Kier alpha value is -1.44. The number of alkyl halides is 3. The highest BCUT2D eigenvalue weighted by Gasteiger charge is 2.27. The third-order valence-electron chi connectivity index (χ3n) is 2.08. The summed E-state index contributed by atoms with van der Waals surface area (Å²) in [6.07, 6.45) is -5.13. The molecule has 0 bridgehead atoms. The molecule has 0 aromatic carbocycles. The van der Waals surface area contributed by atoms with E-state index in [1.165, 1.54) is 18.0 Å². The molecule has 0 aliphatic heterocycles. The van der Waals surface area contributed by atoms with E-state index in [1.54, 1.807) is 0 Å². The second-order valence-electron chi connectivity index (χ2n) is 3.52. The Bertz CT molecular complexity index is 416. The highest BCUT2D eigenvalue weighted by atomic mass is 32.1. The number of amides is 1. The van der Waals surface area contributed by atoms with Crippen molar-refractivity contribution in [3.8, 4) is 0 Å². The molecule has 1 rings (SSSR count). The van der Waals surface area contributed by atoms with Gasteiger partial charge in [0.25, 0.3) is 5.91 Å². The monoisotopic (exact) mass is 267 g/mol. The summed E-state index contributed by atoms with van der Waals surface area (Å²) in [5.41, 5.74) is 10.8. The molecule has 96 valence electrons. The van der Waals surface area contributed by atoms with Crippen molar-refractivity contribution in [2.75, 3.05) is 24.2 Å². The summed E-state index contributed by atoms with van der Waals surface area (Å²) in [5.74, 6) is -0.678. The molecule has 8 heteroatoms. The van der Waals surface area contributed by atoms with E-state index in [1.807, 2.05) is 0 Å². The number of primary amides is 1. The summed E-state index contributed by atoms with van der Waals surface area (Å²) in [7, 11) is 1.50. The number of carbonyl (C=O) groups excluding carboxylic acids is 1. The van der Waals surface area contributed by atoms with Crippen molar-refractivity contribution in [2.24, 2.45) is 5.73 Å². The molecule has 0 unspecified atom stereocenters. The molecule has 0 saturated carbocycles. The van der Waals surface area contributed by atoms with Crippen molar-refractivity contribution in [3.05, 3.63) is 10.9 Å². The molecule has 0 aliphatic rings. The van der Waals surface area contributed by atoms with Crippen LogP contribution in [-0.2, 0) is 0 Å². The average molecular weight is 267 g/mol. The molecule has 0 radical (unpaired) electrons. The van der Waals surface area contributed by atoms with Crippen LogP contribution in [0.2, 0.25) is 0 Å². The number of carbonyl (C=O) groups is 1. The molecule has 0 aliphatic carbocycles. The summed E-state index contributed by atoms with van der Waals surface area (Å²) in [5, 5.41) is 0.487. The summed E-state index contributed by atoms with van der Waals surface area (Å²) in [6.45, 7) is -0.193. The molecule has 1 aromatic rings. The molecule has 4 nitrogen and oxygen atoms in total. The minimum absolute atomic E-state index is 0.166. The van der Waals surface area contributed by atoms with Crippen LogP contribution < -0.4 is 16.4 Å². The molecule has 0 saturated heterocycles. The van der Waals surface area contributed by atoms with Crippen LogP contribution in [0, 0.1) is 0 Å². The van der Waals surface area contributed by atoms with Crippen molar-refractivity contribution in [2.45, 2.75) is 12.6 Å². The summed E-state index contributed by atoms with van der Waals surface area (Å²) in [4.78, 5) is 12.5. The lowest BCUT2D eigenvalue weighted by Gasteiger charge is -2.17. The van der Waals surface area contributed by atoms with Crippen LogP contribution in [0.4, 0.5) is 23.9 Å². The van der Waals surface area contributed by atoms with Gasteiger partial charge in [-0.3, -0.25) is 4.79 Å². The minimum atomic E-state index is -4.20. The van der Waals surface area contributed by atoms with Gasteiger partial charge in [-0.05, 0) is 6.07 Å². The fourth-order valence-electron chi connectivity index (χ4n) is 1.18. The second kappa shape index (κ2) is 4.82. The number of nitrogen functional groups attached to an aromatic ring is 1. The molecule has 4 N–H and O–H groups in total. The number of nitrogens with two attached hydrogens (primary N) is 2. The van der Waals surface area contributed by atoms with Gasteiger partial charge in [-0.2, -0.15) is 13.2 Å². The first-order valence-corrected chi connectivity index (χ1v) is 5.49. The Morgan fingerprint density at radius 1 is 1.53 bits per heavy atom. The van der Waals surface area contributed by atoms with E-state index >= 15 is 0 Å². The summed E-state index contributed by atoms with van der Waals surface area (Å²) in [6, 6.07) is 1.45. The van der Waals surface area contributed by atoms with Crippen LogP contribution in [0.1, 0.15) is 16.1 Å². The quantitative estimate of drug-likeness (QED) is 0.874. The molecule has 0 fully saturated rings. The predicted molar refractivity (Wildman–Crippen MR) is 61.2 cm³/mol. The molecule has 1 amide bonds. The number of hydrogen-bond acceptors (Lipinski definition) is 4. The maximum Gasteiger partial charge on any atom is 0.390 e. The molecule has 17 heavy (non-hydrogen) atoms. The van der Waals surface area contributed by atoms with Gasteiger partial charge in [-0.1, -0.05) is 0 Å². The standard InChI is InChI=1S/C9H12F3N3OS/c1-15(3-2-9(10,11)12)6-4-5(13)7(17-6)8(14)16/h4H,2-3,13H2,1H3,(H2,14,16). The predicted octanol–water partition coefficient (Wildman–Crippen LogP) is 1.82. The van der Waals surface area contributed by atoms with Crippen molar-refractivity contribution >= 4 is 27.9 Å². The molecule has 1 heterocycles. The van der Waals surface area contributed by atoms with Crippen LogP contribution in [0.5, 0.6) is 0 Å². The topological polar surface area (TPSA) is 72.3 Å². The van der Waals surface area contributed by atoms with E-state index in [4.69, 9.17) is 11.5 Å². The van der Waals surface area contributed by atoms with Crippen LogP contribution >= 0.6 is 11.3 Å². The van der Waals surface area contributed by atoms with E-state index in [0.717, 1.165) is 11.3 Å². The Kier molecular flexibility index (Phi) is 3.87. The minimum Gasteiger partial charge on any atom is -0.397 e. The van der Waals surface area contributed by atoms with Crippen LogP contribution in [0.3, 0.4) is 0 Å². The van der Waals surface area contributed by atoms with E-state index in [0.29, 0.717) is 5.00 Å². The lowest BCUT2D eigenvalue weighted by atomic mass is 10.3. The molecule has 0 spiro atoms. The van der Waals surface area contributed by atoms with E-state index in [-0.39, 0.29) is 17.1 Å². The third kappa shape index (κ3) is 3.81. The molecule has 1 aromatic heterocycles. The number of nitrogens with zero attached hydrogens (tertiary/aromatic N) is 1. The zero-order valence-corrected chi connectivity index (χ0v) is 9.86. The fraction of sp³-hybridized carbons (Fsp3) is 0.444. The smallest absolute Gasteiger partial charge is 0.390 e. The van der Waals surface area contributed by atoms with Gasteiger partial charge in [0.2, 0.25) is 0 Å². The number of halogens is 3. The van der Waals surface area contributed by atoms with Gasteiger partial charge in [0.15, 0.2) is 0 Å². The Morgan fingerprint density at radius 2 is 2.12 bits per heavy atom. The Labute approximate surface area is 100.0 Å². The third-order valence-corrected chi connectivity index (χ3v) is 3.36. The number of thiophene rings is 1. The van der Waals surface area contributed by atoms with Gasteiger partial charge in [0, 0.05) is 13.6 Å². The van der Waals surface area contributed by atoms with Crippen LogP contribution in [0.25, 0.3) is 0 Å². The fourth-order valence-corrected chi connectivity index (χ4v) is 2.10.